The normalized spacial score (nSPS) is 10.1. The zero-order chi connectivity index (χ0) is 13.1. The van der Waals surface area contributed by atoms with Gasteiger partial charge in [-0.2, -0.15) is 0 Å². The lowest BCUT2D eigenvalue weighted by Gasteiger charge is -2.06. The van der Waals surface area contributed by atoms with E-state index in [0.29, 0.717) is 28.2 Å². The smallest absolute Gasteiger partial charge is 0.251 e. The lowest BCUT2D eigenvalue weighted by atomic mass is 10.0. The fourth-order valence-electron chi connectivity index (χ4n) is 1.61. The maximum Gasteiger partial charge on any atom is 0.251 e. The molecule has 0 radical (unpaired) electrons. The molecule has 0 aliphatic rings. The first-order valence-electron chi connectivity index (χ1n) is 5.22. The van der Waals surface area contributed by atoms with Crippen molar-refractivity contribution < 1.29 is 14.0 Å². The largest absolute Gasteiger partial charge is 0.453 e. The summed E-state index contributed by atoms with van der Waals surface area (Å²) in [5, 5.41) is 2.99. The van der Waals surface area contributed by atoms with Gasteiger partial charge >= 0.3 is 0 Å². The maximum absolute atomic E-state index is 11.8. The molecule has 1 amide bonds. The van der Waals surface area contributed by atoms with Crippen LogP contribution >= 0.6 is 11.6 Å². The molecule has 0 aliphatic carbocycles. The van der Waals surface area contributed by atoms with Crippen molar-refractivity contribution in [3.63, 3.8) is 0 Å². The molecule has 0 fully saturated rings. The number of carbonyl (C=O) groups is 2. The van der Waals surface area contributed by atoms with Gasteiger partial charge in [-0.3, -0.25) is 9.59 Å². The van der Waals surface area contributed by atoms with Crippen LogP contribution < -0.4 is 5.32 Å². The number of carbonyl (C=O) groups excluding carboxylic acids is 2. The molecular weight excluding hydrogens is 254 g/mol. The van der Waals surface area contributed by atoms with Gasteiger partial charge in [0.2, 0.25) is 0 Å². The number of hydrogen-bond donors (Lipinski definition) is 1. The summed E-state index contributed by atoms with van der Waals surface area (Å²) in [5.41, 5.74) is 0.989. The number of nitrogens with one attached hydrogen (secondary N) is 1. The highest BCUT2D eigenvalue weighted by atomic mass is 35.5. The number of hydrogen-bond acceptors (Lipinski definition) is 3. The van der Waals surface area contributed by atoms with E-state index < -0.39 is 0 Å². The van der Waals surface area contributed by atoms with Crippen molar-refractivity contribution >= 4 is 23.8 Å². The van der Waals surface area contributed by atoms with Crippen molar-refractivity contribution in [1.29, 1.82) is 0 Å². The lowest BCUT2D eigenvalue weighted by molar-refractivity contribution is 0.0963. The Hall–Kier alpha value is -2.07. The fourth-order valence-corrected chi connectivity index (χ4v) is 1.79. The molecule has 2 aromatic rings. The second kappa shape index (κ2) is 5.06. The van der Waals surface area contributed by atoms with E-state index in [1.54, 1.807) is 30.3 Å². The SMILES string of the molecule is CNC(=O)c1cc(Cl)ccc1-c1ccc(C=O)o1. The van der Waals surface area contributed by atoms with Crippen LogP contribution in [0.15, 0.2) is 34.7 Å². The van der Waals surface area contributed by atoms with Crippen molar-refractivity contribution in [2.24, 2.45) is 0 Å². The van der Waals surface area contributed by atoms with Crippen LogP contribution in [-0.4, -0.2) is 19.2 Å². The number of benzene rings is 1. The third-order valence-corrected chi connectivity index (χ3v) is 2.70. The first kappa shape index (κ1) is 12.4. The van der Waals surface area contributed by atoms with Crippen LogP contribution in [0.4, 0.5) is 0 Å². The summed E-state index contributed by atoms with van der Waals surface area (Å²) in [7, 11) is 1.53. The highest BCUT2D eigenvalue weighted by molar-refractivity contribution is 6.31. The molecule has 18 heavy (non-hydrogen) atoms. The van der Waals surface area contributed by atoms with E-state index in [1.165, 1.54) is 7.05 Å². The molecule has 1 aromatic heterocycles. The van der Waals surface area contributed by atoms with E-state index in [2.05, 4.69) is 5.32 Å². The van der Waals surface area contributed by atoms with Crippen LogP contribution in [0.25, 0.3) is 11.3 Å². The van der Waals surface area contributed by atoms with Crippen molar-refractivity contribution in [2.45, 2.75) is 0 Å². The fraction of sp³-hybridized carbons (Fsp3) is 0.0769. The Kier molecular flexibility index (Phi) is 3.48. The van der Waals surface area contributed by atoms with Gasteiger partial charge < -0.3 is 9.73 Å². The molecule has 0 spiro atoms. The number of furan rings is 1. The van der Waals surface area contributed by atoms with Gasteiger partial charge in [-0.05, 0) is 30.3 Å². The molecule has 0 atom stereocenters. The predicted octanol–water partition coefficient (Wildman–Crippen LogP) is 2.77. The second-order valence-electron chi connectivity index (χ2n) is 3.59. The van der Waals surface area contributed by atoms with Gasteiger partial charge in [0.15, 0.2) is 12.0 Å². The summed E-state index contributed by atoms with van der Waals surface area (Å²) in [6, 6.07) is 8.08. The summed E-state index contributed by atoms with van der Waals surface area (Å²) < 4.78 is 5.30. The van der Waals surface area contributed by atoms with E-state index in [-0.39, 0.29) is 11.7 Å². The maximum atomic E-state index is 11.8. The molecule has 92 valence electrons. The van der Waals surface area contributed by atoms with Crippen LogP contribution in [0.3, 0.4) is 0 Å². The van der Waals surface area contributed by atoms with Gasteiger partial charge in [0.05, 0.1) is 5.56 Å². The second-order valence-corrected chi connectivity index (χ2v) is 4.03. The number of aldehydes is 1. The molecule has 0 unspecified atom stereocenters. The highest BCUT2D eigenvalue weighted by Crippen LogP contribution is 2.27. The molecule has 0 saturated carbocycles. The van der Waals surface area contributed by atoms with Crippen LogP contribution in [0, 0.1) is 0 Å². The Bertz CT molecular complexity index is 604. The summed E-state index contributed by atoms with van der Waals surface area (Å²) in [4.78, 5) is 22.3. The lowest BCUT2D eigenvalue weighted by Crippen LogP contribution is -2.18. The van der Waals surface area contributed by atoms with Crippen molar-refractivity contribution in [1.82, 2.24) is 5.32 Å². The molecule has 0 aliphatic heterocycles. The van der Waals surface area contributed by atoms with Gasteiger partial charge in [0.25, 0.3) is 5.91 Å². The predicted molar refractivity (Wildman–Crippen MR) is 67.9 cm³/mol. The minimum absolute atomic E-state index is 0.211. The minimum Gasteiger partial charge on any atom is -0.453 e. The van der Waals surface area contributed by atoms with Gasteiger partial charge in [0, 0.05) is 17.6 Å². The summed E-state index contributed by atoms with van der Waals surface area (Å²) in [6.07, 6.45) is 0.610. The van der Waals surface area contributed by atoms with Crippen LogP contribution in [-0.2, 0) is 0 Å². The summed E-state index contributed by atoms with van der Waals surface area (Å²) in [6.45, 7) is 0. The quantitative estimate of drug-likeness (QED) is 0.866. The Morgan fingerprint density at radius 1 is 1.33 bits per heavy atom. The third kappa shape index (κ3) is 2.28. The number of halogens is 1. The first-order valence-corrected chi connectivity index (χ1v) is 5.60. The van der Waals surface area contributed by atoms with Crippen molar-refractivity contribution in [2.75, 3.05) is 7.05 Å². The van der Waals surface area contributed by atoms with Crippen LogP contribution in [0.5, 0.6) is 0 Å². The van der Waals surface area contributed by atoms with Gasteiger partial charge in [-0.1, -0.05) is 11.6 Å². The molecular formula is C13H10ClNO3. The number of rotatable bonds is 3. The van der Waals surface area contributed by atoms with Gasteiger partial charge in [0.1, 0.15) is 5.76 Å². The Morgan fingerprint density at radius 2 is 2.11 bits per heavy atom. The topological polar surface area (TPSA) is 59.3 Å². The van der Waals surface area contributed by atoms with E-state index in [4.69, 9.17) is 16.0 Å². The molecule has 2 rings (SSSR count). The first-order chi connectivity index (χ1) is 8.65. The van der Waals surface area contributed by atoms with E-state index in [1.807, 2.05) is 0 Å². The standard InChI is InChI=1S/C13H10ClNO3/c1-15-13(17)11-6-8(14)2-4-10(11)12-5-3-9(7-16)18-12/h2-7H,1H3,(H,15,17). The Morgan fingerprint density at radius 3 is 2.72 bits per heavy atom. The van der Waals surface area contributed by atoms with Crippen LogP contribution in [0.1, 0.15) is 20.9 Å². The average Bonchev–Trinajstić information content (AvgIpc) is 2.86. The third-order valence-electron chi connectivity index (χ3n) is 2.46. The van der Waals surface area contributed by atoms with E-state index in [0.717, 1.165) is 0 Å². The molecule has 0 bridgehead atoms. The zero-order valence-electron chi connectivity index (χ0n) is 9.57. The van der Waals surface area contributed by atoms with Crippen molar-refractivity contribution in [3.8, 4) is 11.3 Å². The molecule has 1 aromatic carbocycles. The summed E-state index contributed by atoms with van der Waals surface area (Å²) >= 11 is 5.87. The van der Waals surface area contributed by atoms with Crippen LogP contribution in [0.2, 0.25) is 5.02 Å². The Balaban J connectivity index is 2.55. The van der Waals surface area contributed by atoms with Gasteiger partial charge in [-0.15, -0.1) is 0 Å². The molecule has 5 heteroatoms. The molecule has 0 saturated heterocycles. The van der Waals surface area contributed by atoms with E-state index >= 15 is 0 Å². The minimum atomic E-state index is -0.267. The zero-order valence-corrected chi connectivity index (χ0v) is 10.3. The average molecular weight is 264 g/mol. The van der Waals surface area contributed by atoms with E-state index in [9.17, 15) is 9.59 Å². The summed E-state index contributed by atoms with van der Waals surface area (Å²) in [5.74, 6) is 0.395. The molecule has 4 nitrogen and oxygen atoms in total. The molecule has 1 N–H and O–H groups in total. The highest BCUT2D eigenvalue weighted by Gasteiger charge is 2.15. The van der Waals surface area contributed by atoms with Gasteiger partial charge in [-0.25, -0.2) is 0 Å². The monoisotopic (exact) mass is 263 g/mol. The number of amides is 1. The Labute approximate surface area is 109 Å². The van der Waals surface area contributed by atoms with Crippen molar-refractivity contribution in [3.05, 3.63) is 46.7 Å². The molecule has 1 heterocycles.